The largest absolute Gasteiger partial charge is 0.461 e. The summed E-state index contributed by atoms with van der Waals surface area (Å²) in [5.74, 6) is -0.490. The second-order valence-corrected chi connectivity index (χ2v) is 14.9. The van der Waals surface area contributed by atoms with Gasteiger partial charge >= 0.3 is 6.01 Å². The van der Waals surface area contributed by atoms with E-state index in [1.807, 2.05) is 13.0 Å². The summed E-state index contributed by atoms with van der Waals surface area (Å²) in [6.07, 6.45) is 4.98. The zero-order valence-corrected chi connectivity index (χ0v) is 28.0. The van der Waals surface area contributed by atoms with E-state index in [0.717, 1.165) is 56.7 Å². The van der Waals surface area contributed by atoms with Gasteiger partial charge in [-0.05, 0) is 62.4 Å². The SMILES string of the molecule is Cc1cc2c(N3CC4CCC(C3)N4)nc(OC[C@@]34CCCN3C[C@H](F)C4)nc2c(F)c1-c1ccc(F)c2sc(/N=C/N(C)C)c(C#N)c12. The summed E-state index contributed by atoms with van der Waals surface area (Å²) < 4.78 is 53.5. The van der Waals surface area contributed by atoms with Gasteiger partial charge in [-0.3, -0.25) is 4.90 Å². The Morgan fingerprint density at radius 3 is 2.75 bits per heavy atom. The third-order valence-electron chi connectivity index (χ3n) is 10.4. The summed E-state index contributed by atoms with van der Waals surface area (Å²) in [7, 11) is 3.61. The number of rotatable bonds is 7. The van der Waals surface area contributed by atoms with Crippen molar-refractivity contribution < 1.29 is 17.9 Å². The van der Waals surface area contributed by atoms with Crippen LogP contribution in [-0.2, 0) is 0 Å². The number of thiophene rings is 1. The first-order valence-corrected chi connectivity index (χ1v) is 17.4. The molecule has 4 atom stereocenters. The Bertz CT molecular complexity index is 2000. The van der Waals surface area contributed by atoms with Crippen LogP contribution in [0, 0.1) is 29.9 Å². The van der Waals surface area contributed by atoms with Crippen LogP contribution in [0.25, 0.3) is 32.1 Å². The van der Waals surface area contributed by atoms with Gasteiger partial charge in [0.25, 0.3) is 0 Å². The molecule has 2 bridgehead atoms. The topological polar surface area (TPSA) is 92.9 Å². The number of ether oxygens (including phenoxy) is 1. The number of halogens is 3. The molecule has 0 aliphatic carbocycles. The quantitative estimate of drug-likeness (QED) is 0.186. The molecule has 0 saturated carbocycles. The number of hydrogen-bond acceptors (Lipinski definition) is 9. The molecular weight excluding hydrogens is 638 g/mol. The Hall–Kier alpha value is -3.99. The number of hydrogen-bond donors (Lipinski definition) is 1. The number of aryl methyl sites for hydroxylation is 1. The Kier molecular flexibility index (Phi) is 7.73. The van der Waals surface area contributed by atoms with Crippen molar-refractivity contribution in [2.45, 2.75) is 62.8 Å². The summed E-state index contributed by atoms with van der Waals surface area (Å²) in [5, 5.41) is 15.1. The Balaban J connectivity index is 1.28. The molecule has 2 aromatic heterocycles. The first-order chi connectivity index (χ1) is 23.1. The Morgan fingerprint density at radius 2 is 2.00 bits per heavy atom. The van der Waals surface area contributed by atoms with Crippen molar-refractivity contribution in [1.29, 1.82) is 5.26 Å². The van der Waals surface area contributed by atoms with E-state index in [4.69, 9.17) is 9.72 Å². The lowest BCUT2D eigenvalue weighted by Crippen LogP contribution is -2.51. The van der Waals surface area contributed by atoms with Gasteiger partial charge in [-0.2, -0.15) is 15.2 Å². The Morgan fingerprint density at radius 1 is 1.21 bits per heavy atom. The van der Waals surface area contributed by atoms with Crippen LogP contribution in [0.15, 0.2) is 23.2 Å². The van der Waals surface area contributed by atoms with Crippen molar-refractivity contribution >= 4 is 49.5 Å². The number of benzene rings is 2. The molecule has 250 valence electrons. The molecule has 4 saturated heterocycles. The molecule has 8 rings (SSSR count). The van der Waals surface area contributed by atoms with E-state index >= 15 is 8.78 Å². The van der Waals surface area contributed by atoms with E-state index in [0.29, 0.717) is 57.8 Å². The summed E-state index contributed by atoms with van der Waals surface area (Å²) in [4.78, 5) is 20.1. The minimum Gasteiger partial charge on any atom is -0.461 e. The van der Waals surface area contributed by atoms with Crippen LogP contribution in [0.5, 0.6) is 6.01 Å². The lowest BCUT2D eigenvalue weighted by molar-refractivity contribution is 0.107. The summed E-state index contributed by atoms with van der Waals surface area (Å²) in [5.41, 5.74) is 1.10. The maximum Gasteiger partial charge on any atom is 0.319 e. The molecule has 48 heavy (non-hydrogen) atoms. The van der Waals surface area contributed by atoms with E-state index < -0.39 is 23.3 Å². The standard InChI is InChI=1S/C35H37F3N8OS/c1-19-11-24-30(29(38)27(19)23-7-8-26(37)31-28(23)25(13-39)33(48-31)40-18-44(2)3)42-34(43-32(24)45-15-21-5-6-22(16-45)41-21)47-17-35-9-4-10-46(35)14-20(36)12-35/h7-8,11,18,20-22,41H,4-6,9-10,12,14-17H2,1-3H3/b40-18+/t20-,21?,22?,35+/m1/s1. The van der Waals surface area contributed by atoms with Gasteiger partial charge in [-0.15, -0.1) is 11.3 Å². The lowest BCUT2D eigenvalue weighted by atomic mass is 9.93. The van der Waals surface area contributed by atoms with Gasteiger partial charge in [0, 0.05) is 68.6 Å². The molecule has 0 spiro atoms. The fourth-order valence-electron chi connectivity index (χ4n) is 8.30. The smallest absolute Gasteiger partial charge is 0.319 e. The molecule has 1 N–H and O–H groups in total. The monoisotopic (exact) mass is 674 g/mol. The number of aromatic nitrogens is 2. The van der Waals surface area contributed by atoms with Gasteiger partial charge in [0.15, 0.2) is 5.82 Å². The molecule has 4 fully saturated rings. The van der Waals surface area contributed by atoms with Crippen LogP contribution in [0.1, 0.15) is 43.2 Å². The molecule has 2 aromatic carbocycles. The van der Waals surface area contributed by atoms with E-state index in [9.17, 15) is 9.65 Å². The van der Waals surface area contributed by atoms with Gasteiger partial charge in [0.1, 0.15) is 41.0 Å². The molecule has 9 nitrogen and oxygen atoms in total. The predicted octanol–water partition coefficient (Wildman–Crippen LogP) is 6.09. The number of nitriles is 1. The van der Waals surface area contributed by atoms with Crippen molar-refractivity contribution in [2.75, 3.05) is 51.8 Å². The second kappa shape index (κ2) is 11.9. The highest BCUT2D eigenvalue weighted by Gasteiger charge is 2.49. The number of piperazine rings is 1. The average molecular weight is 675 g/mol. The minimum absolute atomic E-state index is 0.0541. The van der Waals surface area contributed by atoms with E-state index in [1.165, 1.54) is 12.1 Å². The summed E-state index contributed by atoms with van der Waals surface area (Å²) >= 11 is 1.06. The van der Waals surface area contributed by atoms with Crippen LogP contribution in [0.2, 0.25) is 0 Å². The predicted molar refractivity (Wildman–Crippen MR) is 182 cm³/mol. The lowest BCUT2D eigenvalue weighted by Gasteiger charge is -2.35. The first-order valence-electron chi connectivity index (χ1n) is 16.5. The van der Waals surface area contributed by atoms with Gasteiger partial charge in [0.2, 0.25) is 0 Å². The zero-order valence-electron chi connectivity index (χ0n) is 27.2. The Labute approximate surface area is 281 Å². The number of fused-ring (bicyclic) bond motifs is 5. The summed E-state index contributed by atoms with van der Waals surface area (Å²) in [6, 6.07) is 7.59. The van der Waals surface area contributed by atoms with Crippen LogP contribution in [0.3, 0.4) is 0 Å². The minimum atomic E-state index is -0.904. The molecule has 4 aromatic rings. The molecule has 13 heteroatoms. The molecule has 4 aliphatic heterocycles. The highest BCUT2D eigenvalue weighted by atomic mass is 32.1. The molecular formula is C35H37F3N8OS. The number of anilines is 1. The first kappa shape index (κ1) is 31.3. The van der Waals surface area contributed by atoms with Gasteiger partial charge in [-0.25, -0.2) is 18.2 Å². The molecule has 4 aliphatic rings. The van der Waals surface area contributed by atoms with Gasteiger partial charge in [0.05, 0.1) is 22.1 Å². The number of alkyl halides is 1. The van der Waals surface area contributed by atoms with Gasteiger partial charge in [-0.1, -0.05) is 6.07 Å². The van der Waals surface area contributed by atoms with Crippen LogP contribution in [0.4, 0.5) is 24.0 Å². The third kappa shape index (κ3) is 5.16. The molecule has 6 heterocycles. The third-order valence-corrected chi connectivity index (χ3v) is 11.5. The maximum atomic E-state index is 17.2. The van der Waals surface area contributed by atoms with Crippen molar-refractivity contribution in [2.24, 2.45) is 4.99 Å². The van der Waals surface area contributed by atoms with Crippen molar-refractivity contribution in [3.63, 3.8) is 0 Å². The highest BCUT2D eigenvalue weighted by molar-refractivity contribution is 7.23. The van der Waals surface area contributed by atoms with E-state index in [1.54, 1.807) is 25.3 Å². The molecule has 0 radical (unpaired) electrons. The fourth-order valence-corrected chi connectivity index (χ4v) is 9.33. The molecule has 0 amide bonds. The average Bonchev–Trinajstić information content (AvgIpc) is 3.80. The van der Waals surface area contributed by atoms with E-state index in [-0.39, 0.29) is 34.0 Å². The van der Waals surface area contributed by atoms with Crippen LogP contribution >= 0.6 is 11.3 Å². The van der Waals surface area contributed by atoms with Gasteiger partial charge < -0.3 is 19.9 Å². The highest BCUT2D eigenvalue weighted by Crippen LogP contribution is 2.46. The number of nitrogens with zero attached hydrogens (tertiary/aromatic N) is 7. The van der Waals surface area contributed by atoms with Crippen molar-refractivity contribution in [3.8, 4) is 23.2 Å². The van der Waals surface area contributed by atoms with Crippen LogP contribution < -0.4 is 15.0 Å². The van der Waals surface area contributed by atoms with Crippen molar-refractivity contribution in [1.82, 2.24) is 25.1 Å². The summed E-state index contributed by atoms with van der Waals surface area (Å²) in [6.45, 7) is 4.71. The van der Waals surface area contributed by atoms with Crippen molar-refractivity contribution in [3.05, 3.63) is 41.0 Å². The zero-order chi connectivity index (χ0) is 33.3. The fraction of sp³-hybridized carbons (Fsp3) is 0.486. The normalized spacial score (nSPS) is 25.4. The van der Waals surface area contributed by atoms with E-state index in [2.05, 4.69) is 31.2 Å². The second-order valence-electron chi connectivity index (χ2n) is 13.9. The number of aliphatic imine (C=N–C) groups is 1. The number of nitrogens with one attached hydrogen (secondary N) is 1. The maximum absolute atomic E-state index is 17.2. The molecule has 2 unspecified atom stereocenters. The van der Waals surface area contributed by atoms with Crippen LogP contribution in [-0.4, -0.2) is 96.8 Å².